The number of carbonyl (C=O) groups excluding carboxylic acids is 3. The van der Waals surface area contributed by atoms with E-state index in [0.717, 1.165) is 4.90 Å². The molecule has 0 spiro atoms. The number of hydrogen-bond acceptors (Lipinski definition) is 3. The number of likely N-dealkylation sites (N-methyl/N-ethyl adjacent to an activating group) is 1. The Labute approximate surface area is 147 Å². The average Bonchev–Trinajstić information content (AvgIpc) is 2.85. The van der Waals surface area contributed by atoms with E-state index >= 15 is 0 Å². The molecule has 1 aromatic carbocycles. The highest BCUT2D eigenvalue weighted by atomic mass is 19.1. The van der Waals surface area contributed by atoms with Gasteiger partial charge in [-0.1, -0.05) is 32.0 Å². The van der Waals surface area contributed by atoms with Gasteiger partial charge < -0.3 is 10.2 Å². The zero-order chi connectivity index (χ0) is 18.8. The van der Waals surface area contributed by atoms with E-state index in [0.29, 0.717) is 18.4 Å². The van der Waals surface area contributed by atoms with Crippen molar-refractivity contribution in [3.8, 4) is 0 Å². The molecule has 1 saturated heterocycles. The number of benzene rings is 1. The van der Waals surface area contributed by atoms with E-state index in [2.05, 4.69) is 5.32 Å². The number of carbonyl (C=O) groups is 3. The van der Waals surface area contributed by atoms with Gasteiger partial charge in [-0.3, -0.25) is 14.5 Å². The minimum absolute atomic E-state index is 0.359. The number of hydrogen-bond donors (Lipinski definition) is 1. The Bertz CT molecular complexity index is 688. The van der Waals surface area contributed by atoms with Crippen molar-refractivity contribution in [2.75, 3.05) is 13.6 Å². The smallest absolute Gasteiger partial charge is 0.325 e. The van der Waals surface area contributed by atoms with E-state index in [1.165, 1.54) is 18.0 Å². The topological polar surface area (TPSA) is 69.7 Å². The van der Waals surface area contributed by atoms with Gasteiger partial charge in [-0.15, -0.1) is 0 Å². The van der Waals surface area contributed by atoms with E-state index in [-0.39, 0.29) is 12.5 Å². The van der Waals surface area contributed by atoms with Gasteiger partial charge in [0.1, 0.15) is 17.9 Å². The molecule has 0 aliphatic carbocycles. The summed E-state index contributed by atoms with van der Waals surface area (Å²) in [5.41, 5.74) is -0.556. The SMILES string of the molecule is CCC1(CC)NC(=O)N(CC(=O)N(C)C(C)c2ccccc2F)C1=O. The minimum Gasteiger partial charge on any atom is -0.337 e. The van der Waals surface area contributed by atoms with E-state index in [4.69, 9.17) is 0 Å². The van der Waals surface area contributed by atoms with Crippen LogP contribution in [0.25, 0.3) is 0 Å². The summed E-state index contributed by atoms with van der Waals surface area (Å²) >= 11 is 0. The summed E-state index contributed by atoms with van der Waals surface area (Å²) in [5, 5.41) is 2.69. The highest BCUT2D eigenvalue weighted by Crippen LogP contribution is 2.26. The van der Waals surface area contributed by atoms with Gasteiger partial charge in [-0.05, 0) is 25.8 Å². The summed E-state index contributed by atoms with van der Waals surface area (Å²) < 4.78 is 13.9. The number of nitrogens with one attached hydrogen (secondary N) is 1. The second-order valence-corrected chi connectivity index (χ2v) is 6.31. The van der Waals surface area contributed by atoms with Gasteiger partial charge in [0.25, 0.3) is 5.91 Å². The van der Waals surface area contributed by atoms with Crippen molar-refractivity contribution in [1.29, 1.82) is 0 Å². The molecular weight excluding hydrogens is 325 g/mol. The molecule has 1 atom stereocenters. The number of urea groups is 1. The Balaban J connectivity index is 2.13. The second-order valence-electron chi connectivity index (χ2n) is 6.31. The first-order valence-corrected chi connectivity index (χ1v) is 8.41. The average molecular weight is 349 g/mol. The predicted molar refractivity (Wildman–Crippen MR) is 91.1 cm³/mol. The third kappa shape index (κ3) is 3.36. The normalized spacial score (nSPS) is 17.4. The molecule has 0 bridgehead atoms. The number of rotatable bonds is 6. The molecule has 25 heavy (non-hydrogen) atoms. The molecule has 6 nitrogen and oxygen atoms in total. The van der Waals surface area contributed by atoms with Crippen LogP contribution in [0.2, 0.25) is 0 Å². The van der Waals surface area contributed by atoms with Crippen molar-refractivity contribution in [1.82, 2.24) is 15.1 Å². The van der Waals surface area contributed by atoms with Crippen LogP contribution in [0.5, 0.6) is 0 Å². The van der Waals surface area contributed by atoms with Crippen molar-refractivity contribution < 1.29 is 18.8 Å². The molecule has 2 rings (SSSR count). The maximum absolute atomic E-state index is 13.9. The first kappa shape index (κ1) is 18.9. The molecular formula is C18H24FN3O3. The standard InChI is InChI=1S/C18H24FN3O3/c1-5-18(6-2)16(24)22(17(25)20-18)11-15(23)21(4)12(3)13-9-7-8-10-14(13)19/h7-10,12H,5-6,11H2,1-4H3,(H,20,25). The summed E-state index contributed by atoms with van der Waals surface area (Å²) in [7, 11) is 1.53. The van der Waals surface area contributed by atoms with Gasteiger partial charge in [0.15, 0.2) is 0 Å². The van der Waals surface area contributed by atoms with Crippen molar-refractivity contribution in [3.05, 3.63) is 35.6 Å². The molecule has 1 aliphatic rings. The van der Waals surface area contributed by atoms with Crippen LogP contribution >= 0.6 is 0 Å². The lowest BCUT2D eigenvalue weighted by molar-refractivity contribution is -0.139. The molecule has 4 amide bonds. The molecule has 1 unspecified atom stereocenters. The van der Waals surface area contributed by atoms with Crippen LogP contribution < -0.4 is 5.32 Å². The van der Waals surface area contributed by atoms with Gasteiger partial charge in [0.05, 0.1) is 6.04 Å². The third-order valence-corrected chi connectivity index (χ3v) is 5.08. The summed E-state index contributed by atoms with van der Waals surface area (Å²) in [5.74, 6) is -1.22. The minimum atomic E-state index is -0.937. The van der Waals surface area contributed by atoms with Gasteiger partial charge in [-0.2, -0.15) is 0 Å². The van der Waals surface area contributed by atoms with Crippen LogP contribution in [-0.2, 0) is 9.59 Å². The molecule has 1 aliphatic heterocycles. The Morgan fingerprint density at radius 3 is 2.40 bits per heavy atom. The molecule has 1 aromatic rings. The van der Waals surface area contributed by atoms with Crippen molar-refractivity contribution in [2.24, 2.45) is 0 Å². The Hall–Kier alpha value is -2.44. The van der Waals surface area contributed by atoms with Gasteiger partial charge in [0.2, 0.25) is 5.91 Å². The number of halogens is 1. The van der Waals surface area contributed by atoms with Crippen LogP contribution in [0.3, 0.4) is 0 Å². The maximum Gasteiger partial charge on any atom is 0.325 e. The van der Waals surface area contributed by atoms with E-state index in [1.54, 1.807) is 25.1 Å². The largest absolute Gasteiger partial charge is 0.337 e. The quantitative estimate of drug-likeness (QED) is 0.802. The van der Waals surface area contributed by atoms with E-state index < -0.39 is 29.3 Å². The van der Waals surface area contributed by atoms with Crippen LogP contribution in [0.1, 0.15) is 45.2 Å². The lowest BCUT2D eigenvalue weighted by Crippen LogP contribution is -2.47. The molecule has 1 fully saturated rings. The fraction of sp³-hybridized carbons (Fsp3) is 0.500. The molecule has 7 heteroatoms. The summed E-state index contributed by atoms with van der Waals surface area (Å²) in [6.07, 6.45) is 0.917. The van der Waals surface area contributed by atoms with Gasteiger partial charge in [0, 0.05) is 12.6 Å². The molecule has 0 aromatic heterocycles. The first-order chi connectivity index (χ1) is 11.8. The first-order valence-electron chi connectivity index (χ1n) is 8.41. The summed E-state index contributed by atoms with van der Waals surface area (Å²) in [6.45, 7) is 4.98. The van der Waals surface area contributed by atoms with Crippen LogP contribution in [0.4, 0.5) is 9.18 Å². The fourth-order valence-corrected chi connectivity index (χ4v) is 3.03. The zero-order valence-corrected chi connectivity index (χ0v) is 15.0. The van der Waals surface area contributed by atoms with Crippen molar-refractivity contribution in [3.63, 3.8) is 0 Å². The van der Waals surface area contributed by atoms with Crippen LogP contribution in [0, 0.1) is 5.82 Å². The Morgan fingerprint density at radius 1 is 1.28 bits per heavy atom. The number of amides is 4. The Kier molecular flexibility index (Phi) is 5.45. The van der Waals surface area contributed by atoms with Crippen LogP contribution in [0.15, 0.2) is 24.3 Å². The summed E-state index contributed by atoms with van der Waals surface area (Å²) in [4.78, 5) is 39.5. The lowest BCUT2D eigenvalue weighted by Gasteiger charge is -2.27. The maximum atomic E-state index is 13.9. The molecule has 0 radical (unpaired) electrons. The second kappa shape index (κ2) is 7.21. The highest BCUT2D eigenvalue weighted by Gasteiger charge is 2.49. The molecule has 0 saturated carbocycles. The predicted octanol–water partition coefficient (Wildman–Crippen LogP) is 2.46. The lowest BCUT2D eigenvalue weighted by atomic mass is 9.93. The van der Waals surface area contributed by atoms with Crippen molar-refractivity contribution in [2.45, 2.75) is 45.2 Å². The summed E-state index contributed by atoms with van der Waals surface area (Å²) in [6, 6.07) is 5.14. The van der Waals surface area contributed by atoms with E-state index in [1.807, 2.05) is 13.8 Å². The molecule has 1 heterocycles. The van der Waals surface area contributed by atoms with Crippen LogP contribution in [-0.4, -0.2) is 46.8 Å². The fourth-order valence-electron chi connectivity index (χ4n) is 3.03. The highest BCUT2D eigenvalue weighted by molar-refractivity contribution is 6.08. The zero-order valence-electron chi connectivity index (χ0n) is 15.0. The molecule has 136 valence electrons. The number of nitrogens with zero attached hydrogens (tertiary/aromatic N) is 2. The monoisotopic (exact) mass is 349 g/mol. The number of imide groups is 1. The van der Waals surface area contributed by atoms with Gasteiger partial charge in [-0.25, -0.2) is 9.18 Å². The van der Waals surface area contributed by atoms with Gasteiger partial charge >= 0.3 is 6.03 Å². The van der Waals surface area contributed by atoms with Crippen molar-refractivity contribution >= 4 is 17.8 Å². The molecule has 1 N–H and O–H groups in total. The third-order valence-electron chi connectivity index (χ3n) is 5.08. The van der Waals surface area contributed by atoms with E-state index in [9.17, 15) is 18.8 Å². The Morgan fingerprint density at radius 2 is 1.88 bits per heavy atom.